The van der Waals surface area contributed by atoms with E-state index in [2.05, 4.69) is 4.99 Å². The summed E-state index contributed by atoms with van der Waals surface area (Å²) in [5.74, 6) is -0.0151. The van der Waals surface area contributed by atoms with E-state index in [0.717, 1.165) is 0 Å². The van der Waals surface area contributed by atoms with E-state index < -0.39 is 10.9 Å². The van der Waals surface area contributed by atoms with Gasteiger partial charge < -0.3 is 11.5 Å². The second kappa shape index (κ2) is 3.60. The van der Waals surface area contributed by atoms with Crippen molar-refractivity contribution in [3.05, 3.63) is 23.3 Å². The fourth-order valence-corrected chi connectivity index (χ4v) is 1.76. The Balaban J connectivity index is 2.99. The highest BCUT2D eigenvalue weighted by Crippen LogP contribution is 2.33. The molecule has 0 saturated carbocycles. The molecule has 0 spiro atoms. The number of hydrogen-bond acceptors (Lipinski definition) is 1. The molecule has 0 amide bonds. The SMILES string of the molecule is CC1(Cl)C=CC=C(Cl)C1N=C(N)N. The first-order valence-corrected chi connectivity index (χ1v) is 4.51. The molecule has 2 atom stereocenters. The van der Waals surface area contributed by atoms with Gasteiger partial charge in [-0.1, -0.05) is 23.8 Å². The maximum absolute atomic E-state index is 6.15. The van der Waals surface area contributed by atoms with Crippen molar-refractivity contribution >= 4 is 29.2 Å². The average Bonchev–Trinajstić information content (AvgIpc) is 1.96. The van der Waals surface area contributed by atoms with Crippen LogP contribution in [-0.4, -0.2) is 16.9 Å². The normalized spacial score (nSPS) is 32.5. The van der Waals surface area contributed by atoms with Crippen LogP contribution in [0.2, 0.25) is 0 Å². The lowest BCUT2D eigenvalue weighted by Crippen LogP contribution is -2.36. The van der Waals surface area contributed by atoms with E-state index in [1.54, 1.807) is 25.2 Å². The highest BCUT2D eigenvalue weighted by molar-refractivity contribution is 6.33. The third-order valence-electron chi connectivity index (χ3n) is 1.75. The van der Waals surface area contributed by atoms with Crippen LogP contribution >= 0.6 is 23.2 Å². The second-order valence-corrected chi connectivity index (χ2v) is 4.27. The van der Waals surface area contributed by atoms with Crippen molar-refractivity contribution in [3.8, 4) is 0 Å². The molecule has 0 aromatic carbocycles. The van der Waals surface area contributed by atoms with E-state index >= 15 is 0 Å². The molecular weight excluding hydrogens is 209 g/mol. The lowest BCUT2D eigenvalue weighted by molar-refractivity contribution is 0.654. The highest BCUT2D eigenvalue weighted by atomic mass is 35.5. The van der Waals surface area contributed by atoms with Crippen LogP contribution in [0.25, 0.3) is 0 Å². The zero-order valence-electron chi connectivity index (χ0n) is 7.17. The molecule has 0 bridgehead atoms. The first-order valence-electron chi connectivity index (χ1n) is 3.76. The van der Waals surface area contributed by atoms with Gasteiger partial charge in [-0.2, -0.15) is 0 Å². The Morgan fingerprint density at radius 2 is 2.23 bits per heavy atom. The molecule has 0 radical (unpaired) electrons. The van der Waals surface area contributed by atoms with Gasteiger partial charge in [-0.25, -0.2) is 4.99 Å². The highest BCUT2D eigenvalue weighted by Gasteiger charge is 2.33. The number of halogens is 2. The minimum absolute atomic E-state index is 0.0151. The third-order valence-corrected chi connectivity index (χ3v) is 2.42. The molecule has 1 rings (SSSR count). The molecule has 72 valence electrons. The van der Waals surface area contributed by atoms with Crippen LogP contribution in [-0.2, 0) is 0 Å². The predicted octanol–water partition coefficient (Wildman–Crippen LogP) is 1.32. The van der Waals surface area contributed by atoms with Crippen molar-refractivity contribution in [2.45, 2.75) is 17.8 Å². The van der Waals surface area contributed by atoms with Gasteiger partial charge in [0.25, 0.3) is 0 Å². The number of allylic oxidation sites excluding steroid dienone is 2. The summed E-state index contributed by atoms with van der Waals surface area (Å²) in [5.41, 5.74) is 10.5. The van der Waals surface area contributed by atoms with Crippen LogP contribution in [0.4, 0.5) is 0 Å². The summed E-state index contributed by atoms with van der Waals surface area (Å²) in [7, 11) is 0. The Hall–Kier alpha value is -0.670. The summed E-state index contributed by atoms with van der Waals surface area (Å²) in [5, 5.41) is 0.536. The van der Waals surface area contributed by atoms with Crippen molar-refractivity contribution in [1.29, 1.82) is 0 Å². The minimum Gasteiger partial charge on any atom is -0.370 e. The number of alkyl halides is 1. The molecule has 0 saturated heterocycles. The molecule has 1 aliphatic carbocycles. The molecular formula is C8H11Cl2N3. The Morgan fingerprint density at radius 1 is 1.62 bits per heavy atom. The lowest BCUT2D eigenvalue weighted by Gasteiger charge is -2.28. The van der Waals surface area contributed by atoms with E-state index in [-0.39, 0.29) is 5.96 Å². The fraction of sp³-hybridized carbons (Fsp3) is 0.375. The zero-order valence-corrected chi connectivity index (χ0v) is 8.68. The van der Waals surface area contributed by atoms with Crippen molar-refractivity contribution in [1.82, 2.24) is 0 Å². The quantitative estimate of drug-likeness (QED) is 0.397. The van der Waals surface area contributed by atoms with E-state index in [4.69, 9.17) is 34.7 Å². The van der Waals surface area contributed by atoms with Crippen molar-refractivity contribution in [2.24, 2.45) is 16.5 Å². The van der Waals surface area contributed by atoms with Crippen molar-refractivity contribution < 1.29 is 0 Å². The number of aliphatic imine (C=N–C) groups is 1. The molecule has 4 N–H and O–H groups in total. The molecule has 3 nitrogen and oxygen atoms in total. The molecule has 13 heavy (non-hydrogen) atoms. The fourth-order valence-electron chi connectivity index (χ4n) is 1.12. The van der Waals surface area contributed by atoms with E-state index in [0.29, 0.717) is 5.03 Å². The smallest absolute Gasteiger partial charge is 0.186 e. The van der Waals surface area contributed by atoms with E-state index in [9.17, 15) is 0 Å². The minimum atomic E-state index is -0.657. The molecule has 0 fully saturated rings. The molecule has 2 unspecified atom stereocenters. The number of nitrogens with two attached hydrogens (primary N) is 2. The van der Waals surface area contributed by atoms with E-state index in [1.807, 2.05) is 0 Å². The lowest BCUT2D eigenvalue weighted by atomic mass is 9.96. The predicted molar refractivity (Wildman–Crippen MR) is 56.9 cm³/mol. The van der Waals surface area contributed by atoms with Crippen molar-refractivity contribution in [2.75, 3.05) is 0 Å². The summed E-state index contributed by atoms with van der Waals surface area (Å²) >= 11 is 12.1. The summed E-state index contributed by atoms with van der Waals surface area (Å²) < 4.78 is 0. The van der Waals surface area contributed by atoms with Gasteiger partial charge >= 0.3 is 0 Å². The Bertz CT molecular complexity index is 288. The first-order chi connectivity index (χ1) is 5.93. The van der Waals surface area contributed by atoms with Crippen LogP contribution in [0.5, 0.6) is 0 Å². The maximum atomic E-state index is 6.15. The number of nitrogens with zero attached hydrogens (tertiary/aromatic N) is 1. The third kappa shape index (κ3) is 2.39. The van der Waals surface area contributed by atoms with Crippen LogP contribution in [0.1, 0.15) is 6.92 Å². The van der Waals surface area contributed by atoms with Gasteiger partial charge in [-0.05, 0) is 13.0 Å². The van der Waals surface area contributed by atoms with Crippen LogP contribution in [0, 0.1) is 0 Å². The van der Waals surface area contributed by atoms with Gasteiger partial charge in [0.15, 0.2) is 5.96 Å². The van der Waals surface area contributed by atoms with Gasteiger partial charge in [-0.3, -0.25) is 0 Å². The van der Waals surface area contributed by atoms with Gasteiger partial charge in [0.05, 0.1) is 4.87 Å². The Morgan fingerprint density at radius 3 is 2.69 bits per heavy atom. The van der Waals surface area contributed by atoms with Gasteiger partial charge in [0.2, 0.25) is 0 Å². The molecule has 0 aliphatic heterocycles. The van der Waals surface area contributed by atoms with E-state index in [1.165, 1.54) is 0 Å². The van der Waals surface area contributed by atoms with Gasteiger partial charge in [-0.15, -0.1) is 11.6 Å². The summed E-state index contributed by atoms with van der Waals surface area (Å²) in [6.07, 6.45) is 5.31. The number of rotatable bonds is 1. The van der Waals surface area contributed by atoms with Gasteiger partial charge in [0.1, 0.15) is 6.04 Å². The first kappa shape index (κ1) is 10.4. The Labute approximate surface area is 87.1 Å². The largest absolute Gasteiger partial charge is 0.370 e. The topological polar surface area (TPSA) is 64.4 Å². The summed E-state index contributed by atoms with van der Waals surface area (Å²) in [6, 6.07) is -0.397. The molecule has 1 aliphatic rings. The summed E-state index contributed by atoms with van der Waals surface area (Å²) in [4.78, 5) is 3.30. The zero-order chi connectivity index (χ0) is 10.1. The Kier molecular flexibility index (Phi) is 2.88. The van der Waals surface area contributed by atoms with Crippen molar-refractivity contribution in [3.63, 3.8) is 0 Å². The maximum Gasteiger partial charge on any atom is 0.186 e. The van der Waals surface area contributed by atoms with Crippen LogP contribution < -0.4 is 11.5 Å². The molecule has 0 aromatic heterocycles. The molecule has 0 heterocycles. The van der Waals surface area contributed by atoms with Gasteiger partial charge in [0, 0.05) is 5.03 Å². The second-order valence-electron chi connectivity index (χ2n) is 3.02. The summed E-state index contributed by atoms with van der Waals surface area (Å²) in [6.45, 7) is 1.80. The standard InChI is InChI=1S/C8H11Cl2N3/c1-8(10)4-2-3-5(9)6(8)13-7(11)12/h2-4,6H,1H3,(H4,11,12,13). The number of guanidine groups is 1. The average molecular weight is 220 g/mol. The number of hydrogen-bond donors (Lipinski definition) is 2. The monoisotopic (exact) mass is 219 g/mol. The molecule has 5 heteroatoms. The molecule has 0 aromatic rings. The van der Waals surface area contributed by atoms with Crippen LogP contribution in [0.3, 0.4) is 0 Å². The van der Waals surface area contributed by atoms with Crippen LogP contribution in [0.15, 0.2) is 28.3 Å².